The fourth-order valence-corrected chi connectivity index (χ4v) is 12.1. The SMILES string of the molecule is CC/C=C\C/C=C\C/C=C\C/C=C\C/C=C\C/C=C\C/C=C\C/C=C\CCCCCCCCCCCCCCCCC(=O)OC(COC(=O)CCCCCCCCCCCCCCCCCCCCCCCCCC/C=C\C/C=C\C/C=C\C/C=C\CC)COP(=O)(O)OCCN. The lowest BCUT2D eigenvalue weighted by Gasteiger charge is -2.19. The maximum absolute atomic E-state index is 12.8. The Morgan fingerprint density at radius 1 is 0.309 bits per heavy atom. The molecule has 0 spiro atoms. The second kappa shape index (κ2) is 80.9. The summed E-state index contributed by atoms with van der Waals surface area (Å²) in [6.07, 6.45) is 117. The van der Waals surface area contributed by atoms with Gasteiger partial charge in [0.05, 0.1) is 13.2 Å². The number of nitrogens with two attached hydrogens (primary N) is 1. The van der Waals surface area contributed by atoms with E-state index in [-0.39, 0.29) is 38.6 Å². The third-order valence-corrected chi connectivity index (χ3v) is 18.2. The molecule has 0 saturated carbocycles. The first-order chi connectivity index (χ1) is 47.8. The van der Waals surface area contributed by atoms with E-state index in [4.69, 9.17) is 24.3 Å². The zero-order chi connectivity index (χ0) is 70.0. The molecule has 0 saturated heterocycles. The Bertz CT molecular complexity index is 2110. The number of carbonyl (C=O) groups excluding carboxylic acids is 2. The smallest absolute Gasteiger partial charge is 0.462 e. The lowest BCUT2D eigenvalue weighted by atomic mass is 10.0. The molecule has 3 N–H and O–H groups in total. The number of esters is 2. The van der Waals surface area contributed by atoms with Gasteiger partial charge in [0.25, 0.3) is 0 Å². The molecule has 556 valence electrons. The number of phosphoric acid groups is 1. The van der Waals surface area contributed by atoms with Crippen molar-refractivity contribution < 1.29 is 37.6 Å². The molecule has 0 fully saturated rings. The molecular formula is C87H150NO8P. The fraction of sp³-hybridized carbons (Fsp3) is 0.701. The maximum Gasteiger partial charge on any atom is 0.472 e. The number of ether oxygens (including phenoxy) is 2. The number of rotatable bonds is 75. The molecule has 0 amide bonds. The van der Waals surface area contributed by atoms with Crippen LogP contribution in [0.4, 0.5) is 0 Å². The first-order valence-electron chi connectivity index (χ1n) is 40.3. The van der Waals surface area contributed by atoms with Gasteiger partial charge in [-0.2, -0.15) is 0 Å². The molecule has 0 radical (unpaired) electrons. The van der Waals surface area contributed by atoms with Crippen molar-refractivity contribution in [2.45, 2.75) is 367 Å². The molecule has 9 nitrogen and oxygen atoms in total. The summed E-state index contributed by atoms with van der Waals surface area (Å²) < 4.78 is 33.3. The lowest BCUT2D eigenvalue weighted by Crippen LogP contribution is -2.29. The van der Waals surface area contributed by atoms with Crippen LogP contribution in [0.25, 0.3) is 0 Å². The van der Waals surface area contributed by atoms with Gasteiger partial charge in [0.15, 0.2) is 6.10 Å². The number of phosphoric ester groups is 1. The molecule has 2 unspecified atom stereocenters. The Morgan fingerprint density at radius 3 is 0.794 bits per heavy atom. The van der Waals surface area contributed by atoms with Crippen molar-refractivity contribution in [3.8, 4) is 0 Å². The highest BCUT2D eigenvalue weighted by atomic mass is 31.2. The van der Waals surface area contributed by atoms with E-state index in [1.807, 2.05) is 0 Å². The minimum Gasteiger partial charge on any atom is -0.462 e. The fourth-order valence-electron chi connectivity index (χ4n) is 11.4. The van der Waals surface area contributed by atoms with Gasteiger partial charge in [-0.25, -0.2) is 4.57 Å². The second-order valence-electron chi connectivity index (χ2n) is 26.5. The molecule has 0 aromatic heterocycles. The molecule has 0 aliphatic carbocycles. The van der Waals surface area contributed by atoms with E-state index in [2.05, 4.69) is 160 Å². The number of hydrogen-bond acceptors (Lipinski definition) is 8. The largest absolute Gasteiger partial charge is 0.472 e. The van der Waals surface area contributed by atoms with Gasteiger partial charge in [-0.1, -0.05) is 378 Å². The molecular weight excluding hydrogens is 1220 g/mol. The van der Waals surface area contributed by atoms with Crippen molar-refractivity contribution in [2.24, 2.45) is 5.73 Å². The highest BCUT2D eigenvalue weighted by Crippen LogP contribution is 2.43. The van der Waals surface area contributed by atoms with Crippen molar-refractivity contribution in [3.05, 3.63) is 146 Å². The second-order valence-corrected chi connectivity index (χ2v) is 28.0. The summed E-state index contributed by atoms with van der Waals surface area (Å²) in [5.41, 5.74) is 5.42. The third kappa shape index (κ3) is 80.8. The van der Waals surface area contributed by atoms with Crippen LogP contribution in [-0.2, 0) is 32.7 Å². The molecule has 0 aliphatic heterocycles. The lowest BCUT2D eigenvalue weighted by molar-refractivity contribution is -0.161. The van der Waals surface area contributed by atoms with E-state index in [9.17, 15) is 19.0 Å². The summed E-state index contributed by atoms with van der Waals surface area (Å²) in [6, 6.07) is 0. The van der Waals surface area contributed by atoms with Gasteiger partial charge in [0, 0.05) is 19.4 Å². The zero-order valence-electron chi connectivity index (χ0n) is 62.8. The molecule has 2 atom stereocenters. The van der Waals surface area contributed by atoms with Crippen molar-refractivity contribution in [3.63, 3.8) is 0 Å². The summed E-state index contributed by atoms with van der Waals surface area (Å²) in [6.45, 7) is 3.55. The van der Waals surface area contributed by atoms with Crippen LogP contribution in [0.2, 0.25) is 0 Å². The van der Waals surface area contributed by atoms with Crippen molar-refractivity contribution in [1.29, 1.82) is 0 Å². The Labute approximate surface area is 598 Å². The number of allylic oxidation sites excluding steroid dienone is 24. The first-order valence-corrected chi connectivity index (χ1v) is 41.8. The van der Waals surface area contributed by atoms with E-state index >= 15 is 0 Å². The quantitative estimate of drug-likeness (QED) is 0.0264. The predicted molar refractivity (Wildman–Crippen MR) is 422 cm³/mol. The van der Waals surface area contributed by atoms with Gasteiger partial charge < -0.3 is 20.1 Å². The standard InChI is InChI=1S/C87H150NO8P/c1-3-5-7-9-11-13-15-17-19-21-23-25-27-29-31-33-35-37-39-41-42-44-46-48-50-52-54-56-58-60-62-64-66-68-70-72-74-76-78-80-87(90)96-85(84-95-97(91,92)94-82-81-88)83-93-86(89)79-77-75-73-71-69-67-65-63-61-59-57-55-53-51-49-47-45-43-40-38-36-34-32-30-28-26-24-22-20-18-16-14-12-10-8-6-4-2/h5-8,11-14,17-20,23-26,29,31,35,37,41-42,46,48,85H,3-4,9-10,15-16,21-22,27-28,30,32-34,36,38-40,43-45,47,49-84,88H2,1-2H3,(H,91,92)/b7-5-,8-6-,13-11-,14-12-,19-17-,20-18-,25-23-,26-24-,31-29-,37-35-,42-41-,48-46-. The highest BCUT2D eigenvalue weighted by molar-refractivity contribution is 7.47. The van der Waals surface area contributed by atoms with Gasteiger partial charge in [0.1, 0.15) is 6.61 Å². The van der Waals surface area contributed by atoms with Crippen LogP contribution < -0.4 is 5.73 Å². The number of hydrogen-bond donors (Lipinski definition) is 2. The zero-order valence-corrected chi connectivity index (χ0v) is 63.7. The molecule has 0 heterocycles. The van der Waals surface area contributed by atoms with E-state index in [0.717, 1.165) is 116 Å². The molecule has 97 heavy (non-hydrogen) atoms. The Morgan fingerprint density at radius 2 is 0.536 bits per heavy atom. The summed E-state index contributed by atoms with van der Waals surface area (Å²) in [5.74, 6) is -0.818. The van der Waals surface area contributed by atoms with Crippen LogP contribution in [0, 0.1) is 0 Å². The van der Waals surface area contributed by atoms with Crippen molar-refractivity contribution in [1.82, 2.24) is 0 Å². The Balaban J connectivity index is 3.82. The van der Waals surface area contributed by atoms with Crippen LogP contribution in [0.1, 0.15) is 361 Å². The number of carbonyl (C=O) groups is 2. The van der Waals surface area contributed by atoms with Crippen LogP contribution in [0.3, 0.4) is 0 Å². The van der Waals surface area contributed by atoms with Gasteiger partial charge in [-0.3, -0.25) is 18.6 Å². The Kier molecular flexibility index (Phi) is 77.4. The molecule has 0 bridgehead atoms. The van der Waals surface area contributed by atoms with Crippen molar-refractivity contribution in [2.75, 3.05) is 26.4 Å². The van der Waals surface area contributed by atoms with Gasteiger partial charge >= 0.3 is 19.8 Å². The van der Waals surface area contributed by atoms with Crippen LogP contribution in [0.15, 0.2) is 146 Å². The van der Waals surface area contributed by atoms with Gasteiger partial charge in [0.2, 0.25) is 0 Å². The van der Waals surface area contributed by atoms with Crippen LogP contribution in [0.5, 0.6) is 0 Å². The molecule has 0 aliphatic rings. The maximum atomic E-state index is 12.8. The van der Waals surface area contributed by atoms with E-state index in [1.54, 1.807) is 0 Å². The summed E-state index contributed by atoms with van der Waals surface area (Å²) >= 11 is 0. The van der Waals surface area contributed by atoms with Crippen LogP contribution >= 0.6 is 7.82 Å². The summed E-state index contributed by atoms with van der Waals surface area (Å²) in [5, 5.41) is 0. The summed E-state index contributed by atoms with van der Waals surface area (Å²) in [7, 11) is -4.40. The molecule has 0 rings (SSSR count). The van der Waals surface area contributed by atoms with Gasteiger partial charge in [-0.05, 0) is 116 Å². The van der Waals surface area contributed by atoms with E-state index < -0.39 is 26.5 Å². The first kappa shape index (κ1) is 92.9. The van der Waals surface area contributed by atoms with Crippen LogP contribution in [-0.4, -0.2) is 49.3 Å². The van der Waals surface area contributed by atoms with Crippen molar-refractivity contribution >= 4 is 19.8 Å². The van der Waals surface area contributed by atoms with E-state index in [1.165, 1.54) is 212 Å². The van der Waals surface area contributed by atoms with E-state index in [0.29, 0.717) is 6.42 Å². The summed E-state index contributed by atoms with van der Waals surface area (Å²) in [4.78, 5) is 35.5. The third-order valence-electron chi connectivity index (χ3n) is 17.2. The normalized spacial score (nSPS) is 13.6. The average Bonchev–Trinajstić information content (AvgIpc) is 2.88. The molecule has 10 heteroatoms. The Hall–Kier alpha value is -4.11. The predicted octanol–water partition coefficient (Wildman–Crippen LogP) is 27.3. The molecule has 0 aromatic carbocycles. The van der Waals surface area contributed by atoms with Gasteiger partial charge in [-0.15, -0.1) is 0 Å². The molecule has 0 aromatic rings. The minimum absolute atomic E-state index is 0.0502. The minimum atomic E-state index is -4.40. The number of unbranched alkanes of at least 4 members (excludes halogenated alkanes) is 38. The highest BCUT2D eigenvalue weighted by Gasteiger charge is 2.26. The monoisotopic (exact) mass is 1370 g/mol. The average molecular weight is 1370 g/mol. The topological polar surface area (TPSA) is 134 Å².